The zero-order valence-electron chi connectivity index (χ0n) is 16.5. The van der Waals surface area contributed by atoms with E-state index in [0.29, 0.717) is 10.6 Å². The summed E-state index contributed by atoms with van der Waals surface area (Å²) in [6.07, 6.45) is 0. The lowest BCUT2D eigenvalue weighted by atomic mass is 9.77. The molecule has 3 aromatic rings. The molecule has 150 valence electrons. The molecule has 0 unspecified atom stereocenters. The molecule has 1 amide bonds. The number of hydrogen-bond donors (Lipinski definition) is 1. The van der Waals surface area contributed by atoms with E-state index in [1.54, 1.807) is 25.2 Å². The Labute approximate surface area is 184 Å². The standard InChI is InChI=1S/C23H19ClN4OS/c1-23(19-11-17(13-30-19)15-6-3-5-14(9-15)12-25)20(16-7-4-8-18(24)10-16)21(29)28(2)22(26)27-23/h3-11,13,20H,1-2H3,(H2,26,27)/t20-,23+/m0/s1. The molecular formula is C23H19ClN4OS. The maximum absolute atomic E-state index is 13.3. The lowest BCUT2D eigenvalue weighted by Gasteiger charge is -2.40. The molecule has 1 aromatic heterocycles. The molecule has 0 radical (unpaired) electrons. The van der Waals surface area contributed by atoms with Crippen molar-refractivity contribution in [3.63, 3.8) is 0 Å². The first-order chi connectivity index (χ1) is 14.3. The van der Waals surface area contributed by atoms with Crippen LogP contribution in [0.5, 0.6) is 0 Å². The highest BCUT2D eigenvalue weighted by atomic mass is 35.5. The maximum atomic E-state index is 13.3. The summed E-state index contributed by atoms with van der Waals surface area (Å²) < 4.78 is 0. The van der Waals surface area contributed by atoms with Crippen LogP contribution in [0.15, 0.2) is 65.0 Å². The van der Waals surface area contributed by atoms with Gasteiger partial charge in [-0.2, -0.15) is 5.26 Å². The Bertz CT molecular complexity index is 1210. The smallest absolute Gasteiger partial charge is 0.239 e. The third kappa shape index (κ3) is 3.36. The molecule has 2 N–H and O–H groups in total. The van der Waals surface area contributed by atoms with Crippen LogP contribution < -0.4 is 5.73 Å². The number of halogens is 1. The summed E-state index contributed by atoms with van der Waals surface area (Å²) in [7, 11) is 1.63. The number of likely N-dealkylation sites (N-methyl/N-ethyl adjacent to an activating group) is 1. The molecule has 4 rings (SSSR count). The summed E-state index contributed by atoms with van der Waals surface area (Å²) in [5, 5.41) is 11.8. The van der Waals surface area contributed by atoms with Gasteiger partial charge in [0.1, 0.15) is 5.54 Å². The van der Waals surface area contributed by atoms with E-state index in [1.807, 2.05) is 48.7 Å². The Morgan fingerprint density at radius 3 is 2.70 bits per heavy atom. The Hall–Kier alpha value is -3.14. The largest absolute Gasteiger partial charge is 0.369 e. The van der Waals surface area contributed by atoms with Crippen LogP contribution in [0.2, 0.25) is 5.02 Å². The summed E-state index contributed by atoms with van der Waals surface area (Å²) in [5.74, 6) is -0.513. The normalized spacial score (nSPS) is 21.3. The van der Waals surface area contributed by atoms with Gasteiger partial charge in [0.2, 0.25) is 5.91 Å². The molecule has 0 saturated carbocycles. The van der Waals surface area contributed by atoms with Crippen molar-refractivity contribution < 1.29 is 4.79 Å². The Kier molecular flexibility index (Phi) is 5.10. The van der Waals surface area contributed by atoms with Gasteiger partial charge in [0, 0.05) is 16.9 Å². The number of nitriles is 1. The first-order valence-electron chi connectivity index (χ1n) is 9.31. The Balaban J connectivity index is 1.85. The minimum Gasteiger partial charge on any atom is -0.369 e. The van der Waals surface area contributed by atoms with Gasteiger partial charge in [-0.25, -0.2) is 4.99 Å². The van der Waals surface area contributed by atoms with E-state index in [0.717, 1.165) is 21.6 Å². The number of benzene rings is 2. The highest BCUT2D eigenvalue weighted by molar-refractivity contribution is 7.10. The fraction of sp³-hybridized carbons (Fsp3) is 0.174. The van der Waals surface area contributed by atoms with Gasteiger partial charge in [-0.1, -0.05) is 35.9 Å². The number of rotatable bonds is 3. The zero-order chi connectivity index (χ0) is 21.5. The van der Waals surface area contributed by atoms with Crippen molar-refractivity contribution in [3.05, 3.63) is 81.0 Å². The van der Waals surface area contributed by atoms with Gasteiger partial charge >= 0.3 is 0 Å². The summed E-state index contributed by atoms with van der Waals surface area (Å²) in [6.45, 7) is 1.93. The Morgan fingerprint density at radius 2 is 1.97 bits per heavy atom. The van der Waals surface area contributed by atoms with Crippen LogP contribution in [0.1, 0.15) is 28.8 Å². The van der Waals surface area contributed by atoms with E-state index in [2.05, 4.69) is 6.07 Å². The highest BCUT2D eigenvalue weighted by Gasteiger charge is 2.48. The quantitative estimate of drug-likeness (QED) is 0.647. The molecule has 30 heavy (non-hydrogen) atoms. The second kappa shape index (κ2) is 7.60. The fourth-order valence-corrected chi connectivity index (χ4v) is 5.05. The van der Waals surface area contributed by atoms with Gasteiger partial charge in [0.15, 0.2) is 5.96 Å². The van der Waals surface area contributed by atoms with Gasteiger partial charge < -0.3 is 5.73 Å². The van der Waals surface area contributed by atoms with Crippen LogP contribution in [0.3, 0.4) is 0 Å². The van der Waals surface area contributed by atoms with Crippen molar-refractivity contribution in [2.75, 3.05) is 7.05 Å². The van der Waals surface area contributed by atoms with Crippen LogP contribution in [-0.2, 0) is 10.3 Å². The van der Waals surface area contributed by atoms with Gasteiger partial charge in [0.25, 0.3) is 0 Å². The molecule has 5 nitrogen and oxygen atoms in total. The topological polar surface area (TPSA) is 82.5 Å². The van der Waals surface area contributed by atoms with E-state index in [-0.39, 0.29) is 11.9 Å². The fourth-order valence-electron chi connectivity index (χ4n) is 3.80. The minimum absolute atomic E-state index is 0.131. The van der Waals surface area contributed by atoms with Crippen molar-refractivity contribution in [3.8, 4) is 17.2 Å². The van der Waals surface area contributed by atoms with Gasteiger partial charge in [-0.15, -0.1) is 11.3 Å². The lowest BCUT2D eigenvalue weighted by molar-refractivity contribution is -0.130. The molecule has 1 aliphatic rings. The van der Waals surface area contributed by atoms with Crippen molar-refractivity contribution in [1.29, 1.82) is 5.26 Å². The average molecular weight is 435 g/mol. The van der Waals surface area contributed by atoms with Crippen LogP contribution in [0.25, 0.3) is 11.1 Å². The Morgan fingerprint density at radius 1 is 1.20 bits per heavy atom. The second-order valence-corrected chi connectivity index (χ2v) is 8.74. The highest BCUT2D eigenvalue weighted by Crippen LogP contribution is 2.47. The van der Waals surface area contributed by atoms with E-state index >= 15 is 0 Å². The molecule has 2 aromatic carbocycles. The maximum Gasteiger partial charge on any atom is 0.239 e. The first-order valence-corrected chi connectivity index (χ1v) is 10.6. The molecule has 7 heteroatoms. The zero-order valence-corrected chi connectivity index (χ0v) is 18.0. The van der Waals surface area contributed by atoms with Crippen molar-refractivity contribution >= 4 is 34.8 Å². The van der Waals surface area contributed by atoms with E-state index in [1.165, 1.54) is 16.2 Å². The minimum atomic E-state index is -0.881. The number of carbonyl (C=O) groups is 1. The molecule has 2 atom stereocenters. The second-order valence-electron chi connectivity index (χ2n) is 7.40. The first kappa shape index (κ1) is 20.1. The molecule has 2 heterocycles. The summed E-state index contributed by atoms with van der Waals surface area (Å²) in [5.41, 5.74) is 8.52. The number of aliphatic imine (C=N–C) groups is 1. The van der Waals surface area contributed by atoms with Gasteiger partial charge in [-0.3, -0.25) is 9.69 Å². The average Bonchev–Trinajstić information content (AvgIpc) is 3.23. The van der Waals surface area contributed by atoms with E-state index < -0.39 is 11.5 Å². The number of hydrogen-bond acceptors (Lipinski definition) is 5. The van der Waals surface area contributed by atoms with Gasteiger partial charge in [-0.05, 0) is 59.3 Å². The molecular weight excluding hydrogens is 416 g/mol. The number of nitrogens with two attached hydrogens (primary N) is 1. The third-order valence-corrected chi connectivity index (χ3v) is 6.83. The van der Waals surface area contributed by atoms with Crippen molar-refractivity contribution in [2.45, 2.75) is 18.4 Å². The van der Waals surface area contributed by atoms with Crippen molar-refractivity contribution in [2.24, 2.45) is 10.7 Å². The number of amides is 1. The van der Waals surface area contributed by atoms with Gasteiger partial charge in [0.05, 0.1) is 17.6 Å². The molecule has 1 aliphatic heterocycles. The predicted molar refractivity (Wildman–Crippen MR) is 120 cm³/mol. The van der Waals surface area contributed by atoms with Crippen LogP contribution in [-0.4, -0.2) is 23.8 Å². The number of guanidine groups is 1. The van der Waals surface area contributed by atoms with Crippen LogP contribution in [0.4, 0.5) is 0 Å². The summed E-state index contributed by atoms with van der Waals surface area (Å²) in [6, 6.07) is 18.9. The number of thiophene rings is 1. The van der Waals surface area contributed by atoms with Crippen molar-refractivity contribution in [1.82, 2.24) is 4.90 Å². The molecule has 0 bridgehead atoms. The summed E-state index contributed by atoms with van der Waals surface area (Å²) >= 11 is 7.74. The molecule has 0 aliphatic carbocycles. The predicted octanol–water partition coefficient (Wildman–Crippen LogP) is 4.73. The molecule has 0 spiro atoms. The van der Waals surface area contributed by atoms with Crippen LogP contribution in [0, 0.1) is 11.3 Å². The summed E-state index contributed by atoms with van der Waals surface area (Å²) in [4.78, 5) is 20.3. The lowest BCUT2D eigenvalue weighted by Crippen LogP contribution is -2.52. The van der Waals surface area contributed by atoms with E-state index in [4.69, 9.17) is 22.3 Å². The number of nitrogens with zero attached hydrogens (tertiary/aromatic N) is 3. The third-order valence-electron chi connectivity index (χ3n) is 5.44. The number of carbonyl (C=O) groups excluding carboxylic acids is 1. The monoisotopic (exact) mass is 434 g/mol. The molecule has 0 saturated heterocycles. The molecule has 0 fully saturated rings. The SMILES string of the molecule is CN1C(=O)[C@H](c2cccc(Cl)c2)[C@@](C)(c2cc(-c3cccc(C#N)c3)cs2)N=C1N. The van der Waals surface area contributed by atoms with Crippen LogP contribution >= 0.6 is 22.9 Å². The van der Waals surface area contributed by atoms with E-state index in [9.17, 15) is 10.1 Å².